The van der Waals surface area contributed by atoms with Crippen LogP contribution in [0, 0.1) is 6.92 Å². The molecule has 1 aliphatic heterocycles. The SMILES string of the molecule is COc1cc(Cl)c(C)cc1NC(=O)[C@@H](C)SC(=S)N1CCCC1. The number of hydrogen-bond donors (Lipinski definition) is 1. The molecule has 0 spiro atoms. The van der Waals surface area contributed by atoms with E-state index >= 15 is 0 Å². The zero-order valence-corrected chi connectivity index (χ0v) is 15.9. The molecule has 0 unspecified atom stereocenters. The van der Waals surface area contributed by atoms with Gasteiger partial charge in [0.1, 0.15) is 10.1 Å². The van der Waals surface area contributed by atoms with Crippen LogP contribution in [0.3, 0.4) is 0 Å². The minimum Gasteiger partial charge on any atom is -0.495 e. The Hall–Kier alpha value is -0.980. The number of methoxy groups -OCH3 is 1. The number of aryl methyl sites for hydroxylation is 1. The topological polar surface area (TPSA) is 41.6 Å². The second-order valence-corrected chi connectivity index (χ2v) is 7.89. The normalized spacial score (nSPS) is 15.4. The van der Waals surface area contributed by atoms with Gasteiger partial charge in [-0.2, -0.15) is 0 Å². The van der Waals surface area contributed by atoms with Gasteiger partial charge in [0.25, 0.3) is 0 Å². The van der Waals surface area contributed by atoms with Crippen LogP contribution in [0.1, 0.15) is 25.3 Å². The molecule has 1 heterocycles. The highest BCUT2D eigenvalue weighted by molar-refractivity contribution is 8.23. The zero-order chi connectivity index (χ0) is 17.0. The van der Waals surface area contributed by atoms with E-state index in [1.54, 1.807) is 13.2 Å². The first-order valence-corrected chi connectivity index (χ1v) is 9.19. The van der Waals surface area contributed by atoms with Crippen molar-refractivity contribution < 1.29 is 9.53 Å². The summed E-state index contributed by atoms with van der Waals surface area (Å²) in [6.45, 7) is 5.73. The van der Waals surface area contributed by atoms with E-state index in [-0.39, 0.29) is 11.2 Å². The Kier molecular flexibility index (Phi) is 6.56. The monoisotopic (exact) mass is 372 g/mol. The molecule has 1 N–H and O–H groups in total. The highest BCUT2D eigenvalue weighted by Gasteiger charge is 2.22. The second-order valence-electron chi connectivity index (χ2n) is 5.51. The number of hydrogen-bond acceptors (Lipinski definition) is 4. The third-order valence-electron chi connectivity index (χ3n) is 3.75. The van der Waals surface area contributed by atoms with E-state index in [4.69, 9.17) is 28.6 Å². The molecule has 0 saturated carbocycles. The molecule has 0 bridgehead atoms. The number of rotatable bonds is 4. The maximum Gasteiger partial charge on any atom is 0.237 e. The quantitative estimate of drug-likeness (QED) is 0.806. The first-order chi connectivity index (χ1) is 10.9. The van der Waals surface area contributed by atoms with Gasteiger partial charge in [-0.3, -0.25) is 4.79 Å². The minimum absolute atomic E-state index is 0.100. The highest BCUT2D eigenvalue weighted by atomic mass is 35.5. The van der Waals surface area contributed by atoms with E-state index in [9.17, 15) is 4.79 Å². The molecule has 1 aromatic rings. The molecule has 4 nitrogen and oxygen atoms in total. The Morgan fingerprint density at radius 3 is 2.70 bits per heavy atom. The number of likely N-dealkylation sites (tertiary alicyclic amines) is 1. The zero-order valence-electron chi connectivity index (χ0n) is 13.5. The van der Waals surface area contributed by atoms with Gasteiger partial charge in [-0.05, 0) is 38.3 Å². The molecule has 1 fully saturated rings. The highest BCUT2D eigenvalue weighted by Crippen LogP contribution is 2.31. The molecule has 1 aliphatic rings. The van der Waals surface area contributed by atoms with Crippen molar-refractivity contribution in [2.75, 3.05) is 25.5 Å². The van der Waals surface area contributed by atoms with Crippen molar-refractivity contribution in [1.29, 1.82) is 0 Å². The lowest BCUT2D eigenvalue weighted by Crippen LogP contribution is -2.29. The Balaban J connectivity index is 2.00. The van der Waals surface area contributed by atoms with Gasteiger partial charge < -0.3 is 15.0 Å². The molecule has 0 aromatic heterocycles. The van der Waals surface area contributed by atoms with Gasteiger partial charge in [-0.25, -0.2) is 0 Å². The number of thiocarbonyl (C=S) groups is 1. The Morgan fingerprint density at radius 1 is 1.43 bits per heavy atom. The summed E-state index contributed by atoms with van der Waals surface area (Å²) in [6, 6.07) is 3.52. The summed E-state index contributed by atoms with van der Waals surface area (Å²) in [6.07, 6.45) is 2.34. The van der Waals surface area contributed by atoms with Gasteiger partial charge in [0, 0.05) is 24.2 Å². The van der Waals surface area contributed by atoms with Crippen LogP contribution >= 0.6 is 35.6 Å². The molecule has 1 amide bonds. The van der Waals surface area contributed by atoms with Crippen LogP contribution in [0.2, 0.25) is 5.02 Å². The predicted molar refractivity (Wildman–Crippen MR) is 102 cm³/mol. The number of benzene rings is 1. The number of nitrogens with zero attached hydrogens (tertiary/aromatic N) is 1. The smallest absolute Gasteiger partial charge is 0.237 e. The molecule has 0 radical (unpaired) electrons. The average molecular weight is 373 g/mol. The molecule has 1 saturated heterocycles. The number of ether oxygens (including phenoxy) is 1. The first kappa shape index (κ1) is 18.4. The fourth-order valence-electron chi connectivity index (χ4n) is 2.34. The number of anilines is 1. The maximum atomic E-state index is 12.4. The second kappa shape index (κ2) is 8.22. The van der Waals surface area contributed by atoms with E-state index in [1.165, 1.54) is 24.6 Å². The van der Waals surface area contributed by atoms with E-state index in [0.717, 1.165) is 23.0 Å². The van der Waals surface area contributed by atoms with Gasteiger partial charge in [-0.15, -0.1) is 0 Å². The van der Waals surface area contributed by atoms with Crippen LogP contribution in [0.5, 0.6) is 5.75 Å². The summed E-state index contributed by atoms with van der Waals surface area (Å²) in [5.41, 5.74) is 1.51. The third kappa shape index (κ3) is 4.75. The van der Waals surface area contributed by atoms with Crippen LogP contribution in [0.25, 0.3) is 0 Å². The lowest BCUT2D eigenvalue weighted by atomic mass is 10.2. The molecule has 23 heavy (non-hydrogen) atoms. The largest absolute Gasteiger partial charge is 0.495 e. The fraction of sp³-hybridized carbons (Fsp3) is 0.500. The number of carbonyl (C=O) groups excluding carboxylic acids is 1. The Morgan fingerprint density at radius 2 is 2.09 bits per heavy atom. The summed E-state index contributed by atoms with van der Waals surface area (Å²) < 4.78 is 6.08. The van der Waals surface area contributed by atoms with Crippen molar-refractivity contribution in [3.05, 3.63) is 22.7 Å². The van der Waals surface area contributed by atoms with Crippen molar-refractivity contribution in [3.63, 3.8) is 0 Å². The van der Waals surface area contributed by atoms with E-state index < -0.39 is 0 Å². The van der Waals surface area contributed by atoms with E-state index in [1.807, 2.05) is 19.9 Å². The molecule has 126 valence electrons. The van der Waals surface area contributed by atoms with Gasteiger partial charge in [0.05, 0.1) is 18.0 Å². The number of carbonyl (C=O) groups is 1. The summed E-state index contributed by atoms with van der Waals surface area (Å²) in [7, 11) is 1.55. The first-order valence-electron chi connectivity index (χ1n) is 7.53. The number of halogens is 1. The van der Waals surface area contributed by atoms with Crippen molar-refractivity contribution in [2.45, 2.75) is 31.9 Å². The number of amides is 1. The van der Waals surface area contributed by atoms with E-state index in [0.29, 0.717) is 16.5 Å². The third-order valence-corrected chi connectivity index (χ3v) is 5.73. The molecule has 1 aromatic carbocycles. The van der Waals surface area contributed by atoms with Crippen molar-refractivity contribution >= 4 is 51.5 Å². The van der Waals surface area contributed by atoms with Gasteiger partial charge in [0.15, 0.2) is 0 Å². The predicted octanol–water partition coefficient (Wildman–Crippen LogP) is 4.10. The molecule has 2 rings (SSSR count). The maximum absolute atomic E-state index is 12.4. The van der Waals surface area contributed by atoms with Gasteiger partial charge >= 0.3 is 0 Å². The number of nitrogens with one attached hydrogen (secondary N) is 1. The van der Waals surface area contributed by atoms with Gasteiger partial charge in [-0.1, -0.05) is 35.6 Å². The van der Waals surface area contributed by atoms with Crippen molar-refractivity contribution in [1.82, 2.24) is 4.90 Å². The van der Waals surface area contributed by atoms with Crippen molar-refractivity contribution in [2.24, 2.45) is 0 Å². The van der Waals surface area contributed by atoms with Crippen LogP contribution < -0.4 is 10.1 Å². The molecule has 7 heteroatoms. The van der Waals surface area contributed by atoms with Crippen molar-refractivity contribution in [3.8, 4) is 5.75 Å². The van der Waals surface area contributed by atoms with Crippen LogP contribution in [0.15, 0.2) is 12.1 Å². The fourth-order valence-corrected chi connectivity index (χ4v) is 3.91. The lowest BCUT2D eigenvalue weighted by Gasteiger charge is -2.21. The molecular formula is C16H21ClN2O2S2. The van der Waals surface area contributed by atoms with E-state index in [2.05, 4.69) is 10.2 Å². The summed E-state index contributed by atoms with van der Waals surface area (Å²) >= 11 is 12.9. The molecular weight excluding hydrogens is 352 g/mol. The Labute approximate surface area is 151 Å². The van der Waals surface area contributed by atoms with Crippen LogP contribution in [0.4, 0.5) is 5.69 Å². The standard InChI is InChI=1S/C16H21ClN2O2S2/c1-10-8-13(14(21-3)9-12(10)17)18-15(20)11(2)23-16(22)19-6-4-5-7-19/h8-9,11H,4-7H2,1-3H3,(H,18,20)/t11-/m1/s1. The summed E-state index contributed by atoms with van der Waals surface area (Å²) in [5.74, 6) is 0.449. The molecule has 1 atom stereocenters. The summed E-state index contributed by atoms with van der Waals surface area (Å²) in [4.78, 5) is 14.6. The Bertz CT molecular complexity index is 604. The van der Waals surface area contributed by atoms with Crippen LogP contribution in [-0.4, -0.2) is 40.6 Å². The average Bonchev–Trinajstić information content (AvgIpc) is 3.04. The number of thioether (sulfide) groups is 1. The van der Waals surface area contributed by atoms with Crippen LogP contribution in [-0.2, 0) is 4.79 Å². The summed E-state index contributed by atoms with van der Waals surface area (Å²) in [5, 5.41) is 3.24. The minimum atomic E-state index is -0.274. The van der Waals surface area contributed by atoms with Gasteiger partial charge in [0.2, 0.25) is 5.91 Å². The molecule has 0 aliphatic carbocycles. The lowest BCUT2D eigenvalue weighted by molar-refractivity contribution is -0.115.